The fourth-order valence-electron chi connectivity index (χ4n) is 1.84. The summed E-state index contributed by atoms with van der Waals surface area (Å²) in [6, 6.07) is 8.66. The van der Waals surface area contributed by atoms with Crippen LogP contribution in [0.5, 0.6) is 0 Å². The third-order valence-electron chi connectivity index (χ3n) is 2.91. The second-order valence-electron chi connectivity index (χ2n) is 4.66. The lowest BCUT2D eigenvalue weighted by Crippen LogP contribution is -2.24. The molecule has 8 heteroatoms. The minimum Gasteiger partial charge on any atom is -0.369 e. The number of amides is 1. The number of nitrogens with zero attached hydrogens (tertiary/aromatic N) is 2. The number of hydrogen-bond acceptors (Lipinski definition) is 3. The molecule has 0 spiro atoms. The van der Waals surface area contributed by atoms with Gasteiger partial charge in [-0.05, 0) is 12.5 Å². The van der Waals surface area contributed by atoms with E-state index in [4.69, 9.17) is 5.73 Å². The van der Waals surface area contributed by atoms with Crippen LogP contribution in [0, 0.1) is 0 Å². The van der Waals surface area contributed by atoms with Crippen molar-refractivity contribution >= 4 is 17.7 Å². The number of nitrogens with two attached hydrogens (primary N) is 1. The van der Waals surface area contributed by atoms with E-state index < -0.39 is 23.9 Å². The van der Waals surface area contributed by atoms with E-state index in [0.29, 0.717) is 11.3 Å². The van der Waals surface area contributed by atoms with Crippen LogP contribution in [0.25, 0.3) is 11.3 Å². The summed E-state index contributed by atoms with van der Waals surface area (Å²) < 4.78 is 39.6. The summed E-state index contributed by atoms with van der Waals surface area (Å²) in [6.07, 6.45) is -3.02. The molecule has 118 valence electrons. The van der Waals surface area contributed by atoms with Crippen LogP contribution < -0.4 is 5.73 Å². The number of imidazole rings is 1. The largest absolute Gasteiger partial charge is 0.406 e. The number of thioether (sulfide) groups is 1. The number of aromatic nitrogens is 2. The van der Waals surface area contributed by atoms with Gasteiger partial charge in [0, 0.05) is 0 Å². The Morgan fingerprint density at radius 1 is 1.36 bits per heavy atom. The molecule has 1 aromatic heterocycles. The Labute approximate surface area is 129 Å². The number of rotatable bonds is 5. The number of carbonyl (C=O) groups excluding carboxylic acids is 1. The molecule has 1 atom stereocenters. The molecule has 0 saturated heterocycles. The van der Waals surface area contributed by atoms with E-state index in [1.54, 1.807) is 30.3 Å². The first kappa shape index (κ1) is 16.4. The third kappa shape index (κ3) is 4.03. The maximum absolute atomic E-state index is 12.8. The average Bonchev–Trinajstić information content (AvgIpc) is 2.80. The summed E-state index contributed by atoms with van der Waals surface area (Å²) in [5.74, 6) is -0.604. The predicted molar refractivity (Wildman–Crippen MR) is 78.2 cm³/mol. The first-order valence-electron chi connectivity index (χ1n) is 6.41. The highest BCUT2D eigenvalue weighted by Crippen LogP contribution is 2.31. The number of benzene rings is 1. The molecule has 0 aliphatic rings. The molecule has 0 saturated carbocycles. The molecule has 2 aromatic rings. The number of halogens is 3. The Morgan fingerprint density at radius 2 is 2.00 bits per heavy atom. The highest BCUT2D eigenvalue weighted by molar-refractivity contribution is 8.00. The zero-order chi connectivity index (χ0) is 16.3. The molecule has 22 heavy (non-hydrogen) atoms. The molecule has 0 bridgehead atoms. The fourth-order valence-corrected chi connectivity index (χ4v) is 2.68. The number of primary amides is 1. The summed E-state index contributed by atoms with van der Waals surface area (Å²) in [4.78, 5) is 15.1. The van der Waals surface area contributed by atoms with E-state index >= 15 is 0 Å². The molecule has 1 heterocycles. The van der Waals surface area contributed by atoms with Crippen LogP contribution in [0.15, 0.2) is 41.7 Å². The van der Waals surface area contributed by atoms with Gasteiger partial charge in [-0.1, -0.05) is 42.1 Å². The molecule has 1 aromatic carbocycles. The van der Waals surface area contributed by atoms with E-state index in [1.165, 1.54) is 13.1 Å². The van der Waals surface area contributed by atoms with Crippen LogP contribution in [-0.4, -0.2) is 26.9 Å². The molecular formula is C14H14F3N3OS. The van der Waals surface area contributed by atoms with Crippen molar-refractivity contribution in [3.63, 3.8) is 0 Å². The van der Waals surface area contributed by atoms with Crippen molar-refractivity contribution in [2.45, 2.75) is 30.1 Å². The van der Waals surface area contributed by atoms with E-state index in [1.807, 2.05) is 0 Å². The Bertz CT molecular complexity index is 655. The first-order valence-corrected chi connectivity index (χ1v) is 7.29. The molecule has 1 amide bonds. The second-order valence-corrected chi connectivity index (χ2v) is 5.96. The third-order valence-corrected chi connectivity index (χ3v) is 4.03. The monoisotopic (exact) mass is 329 g/mol. The predicted octanol–water partition coefficient (Wildman–Crippen LogP) is 3.08. The molecule has 1 unspecified atom stereocenters. The van der Waals surface area contributed by atoms with Crippen molar-refractivity contribution in [2.75, 3.05) is 0 Å². The summed E-state index contributed by atoms with van der Waals surface area (Å²) in [6.45, 7) is 0.354. The van der Waals surface area contributed by atoms with E-state index in [9.17, 15) is 18.0 Å². The van der Waals surface area contributed by atoms with Crippen molar-refractivity contribution in [1.29, 1.82) is 0 Å². The Morgan fingerprint density at radius 3 is 2.55 bits per heavy atom. The molecule has 2 rings (SSSR count). The van der Waals surface area contributed by atoms with Gasteiger partial charge in [0.05, 0.1) is 17.1 Å². The van der Waals surface area contributed by atoms with Crippen molar-refractivity contribution in [1.82, 2.24) is 9.55 Å². The molecule has 2 N–H and O–H groups in total. The Hall–Kier alpha value is -1.96. The quantitative estimate of drug-likeness (QED) is 0.858. The van der Waals surface area contributed by atoms with Gasteiger partial charge in [0.1, 0.15) is 6.54 Å². The lowest BCUT2D eigenvalue weighted by Gasteiger charge is -2.15. The zero-order valence-corrected chi connectivity index (χ0v) is 12.5. The maximum atomic E-state index is 12.8. The Balaban J connectivity index is 2.42. The summed E-state index contributed by atoms with van der Waals surface area (Å²) in [5.41, 5.74) is 6.13. The summed E-state index contributed by atoms with van der Waals surface area (Å²) >= 11 is 0.912. The topological polar surface area (TPSA) is 60.9 Å². The molecular weight excluding hydrogens is 315 g/mol. The van der Waals surface area contributed by atoms with Gasteiger partial charge in [0.2, 0.25) is 5.91 Å². The first-order chi connectivity index (χ1) is 10.3. The van der Waals surface area contributed by atoms with Crippen LogP contribution in [0.1, 0.15) is 6.92 Å². The molecule has 0 aliphatic heterocycles. The maximum Gasteiger partial charge on any atom is 0.406 e. The van der Waals surface area contributed by atoms with E-state index in [2.05, 4.69) is 4.98 Å². The lowest BCUT2D eigenvalue weighted by molar-refractivity contribution is -0.141. The second kappa shape index (κ2) is 6.43. The van der Waals surface area contributed by atoms with Gasteiger partial charge in [-0.3, -0.25) is 4.79 Å². The highest BCUT2D eigenvalue weighted by atomic mass is 32.2. The van der Waals surface area contributed by atoms with Gasteiger partial charge in [0.15, 0.2) is 5.16 Å². The standard InChI is InChI=1S/C14H14F3N3OS/c1-9(12(18)21)22-13-19-7-11(10-5-3-2-4-6-10)20(13)8-14(15,16)17/h2-7,9H,8H2,1H3,(H2,18,21). The van der Waals surface area contributed by atoms with Gasteiger partial charge >= 0.3 is 6.18 Å². The number of carbonyl (C=O) groups is 1. The molecule has 0 fully saturated rings. The van der Waals surface area contributed by atoms with E-state index in [-0.39, 0.29) is 5.16 Å². The number of alkyl halides is 3. The van der Waals surface area contributed by atoms with Crippen LogP contribution in [0.3, 0.4) is 0 Å². The molecule has 0 radical (unpaired) electrons. The normalized spacial score (nSPS) is 13.1. The highest BCUT2D eigenvalue weighted by Gasteiger charge is 2.31. The van der Waals surface area contributed by atoms with Gasteiger partial charge in [-0.15, -0.1) is 0 Å². The Kier molecular flexibility index (Phi) is 4.80. The smallest absolute Gasteiger partial charge is 0.369 e. The van der Waals surface area contributed by atoms with Gasteiger partial charge < -0.3 is 10.3 Å². The fraction of sp³-hybridized carbons (Fsp3) is 0.286. The van der Waals surface area contributed by atoms with Crippen molar-refractivity contribution in [3.05, 3.63) is 36.5 Å². The summed E-state index contributed by atoms with van der Waals surface area (Å²) in [7, 11) is 0. The SMILES string of the molecule is CC(Sc1ncc(-c2ccccc2)n1CC(F)(F)F)C(N)=O. The number of hydrogen-bond donors (Lipinski definition) is 1. The van der Waals surface area contributed by atoms with Gasteiger partial charge in [0.25, 0.3) is 0 Å². The van der Waals surface area contributed by atoms with Crippen molar-refractivity contribution in [2.24, 2.45) is 5.73 Å². The van der Waals surface area contributed by atoms with Crippen LogP contribution in [-0.2, 0) is 11.3 Å². The van der Waals surface area contributed by atoms with Gasteiger partial charge in [-0.2, -0.15) is 13.2 Å². The van der Waals surface area contributed by atoms with Crippen LogP contribution >= 0.6 is 11.8 Å². The molecule has 0 aliphatic carbocycles. The van der Waals surface area contributed by atoms with Crippen molar-refractivity contribution < 1.29 is 18.0 Å². The van der Waals surface area contributed by atoms with E-state index in [0.717, 1.165) is 16.3 Å². The van der Waals surface area contributed by atoms with Crippen LogP contribution in [0.2, 0.25) is 0 Å². The van der Waals surface area contributed by atoms with Crippen LogP contribution in [0.4, 0.5) is 13.2 Å². The van der Waals surface area contributed by atoms with Gasteiger partial charge in [-0.25, -0.2) is 4.98 Å². The zero-order valence-electron chi connectivity index (χ0n) is 11.7. The minimum absolute atomic E-state index is 0.113. The summed E-state index contributed by atoms with van der Waals surface area (Å²) in [5, 5.41) is -0.555. The minimum atomic E-state index is -4.39. The average molecular weight is 329 g/mol. The van der Waals surface area contributed by atoms with Crippen molar-refractivity contribution in [3.8, 4) is 11.3 Å². The lowest BCUT2D eigenvalue weighted by atomic mass is 10.2. The molecule has 4 nitrogen and oxygen atoms in total.